The van der Waals surface area contributed by atoms with Crippen molar-refractivity contribution in [3.63, 3.8) is 0 Å². The topological polar surface area (TPSA) is 75.6 Å². The molecule has 0 saturated carbocycles. The number of amides is 1. The number of fused-ring (bicyclic) bond motifs is 2. The predicted octanol–water partition coefficient (Wildman–Crippen LogP) is 2.41. The van der Waals surface area contributed by atoms with E-state index in [0.717, 1.165) is 40.9 Å². The van der Waals surface area contributed by atoms with Crippen molar-refractivity contribution in [2.75, 3.05) is 20.1 Å². The number of carbonyl (C=O) groups is 1. The minimum atomic E-state index is -0.127. The maximum Gasteiger partial charge on any atom is 0.240 e. The third-order valence-corrected chi connectivity index (χ3v) is 6.05. The molecular weight excluding hydrogens is 352 g/mol. The summed E-state index contributed by atoms with van der Waals surface area (Å²) in [6.45, 7) is 1.97. The Kier molecular flexibility index (Phi) is 4.18. The summed E-state index contributed by atoms with van der Waals surface area (Å²) < 4.78 is 5.66. The van der Waals surface area contributed by atoms with Crippen molar-refractivity contribution in [2.45, 2.75) is 31.5 Å². The molecule has 2 aliphatic rings. The van der Waals surface area contributed by atoms with Gasteiger partial charge < -0.3 is 15.2 Å². The highest BCUT2D eigenvalue weighted by Gasteiger charge is 2.37. The third kappa shape index (κ3) is 2.80. The van der Waals surface area contributed by atoms with Gasteiger partial charge in [-0.05, 0) is 24.2 Å². The van der Waals surface area contributed by atoms with Crippen LogP contribution in [0.5, 0.6) is 0 Å². The number of aromatic nitrogens is 1. The molecule has 144 valence electrons. The molecular formula is C22H24N4O2. The van der Waals surface area contributed by atoms with E-state index in [2.05, 4.69) is 34.3 Å². The Morgan fingerprint density at radius 2 is 2.04 bits per heavy atom. The Labute approximate surface area is 163 Å². The third-order valence-electron chi connectivity index (χ3n) is 6.05. The second kappa shape index (κ2) is 6.72. The molecule has 3 aromatic rings. The van der Waals surface area contributed by atoms with E-state index in [4.69, 9.17) is 10.3 Å². The van der Waals surface area contributed by atoms with Gasteiger partial charge in [-0.1, -0.05) is 47.6 Å². The lowest BCUT2D eigenvalue weighted by Gasteiger charge is -2.30. The van der Waals surface area contributed by atoms with Crippen molar-refractivity contribution >= 4 is 16.7 Å². The van der Waals surface area contributed by atoms with E-state index in [1.54, 1.807) is 0 Å². The zero-order chi connectivity index (χ0) is 19.3. The molecule has 2 aromatic carbocycles. The first-order chi connectivity index (χ1) is 13.6. The van der Waals surface area contributed by atoms with Crippen LogP contribution in [0.1, 0.15) is 17.7 Å². The minimum Gasteiger partial charge on any atom is -0.360 e. The second-order valence-electron chi connectivity index (χ2n) is 7.92. The molecule has 1 amide bonds. The fourth-order valence-corrected chi connectivity index (χ4v) is 4.58. The first-order valence-electron chi connectivity index (χ1n) is 9.82. The number of benzene rings is 2. The molecule has 0 spiro atoms. The molecule has 0 radical (unpaired) electrons. The molecule has 1 aromatic heterocycles. The van der Waals surface area contributed by atoms with Gasteiger partial charge in [0.2, 0.25) is 5.91 Å². The minimum absolute atomic E-state index is 0.0705. The molecule has 28 heavy (non-hydrogen) atoms. The van der Waals surface area contributed by atoms with Crippen LogP contribution in [-0.2, 0) is 17.8 Å². The van der Waals surface area contributed by atoms with E-state index in [-0.39, 0.29) is 18.0 Å². The number of carbonyl (C=O) groups excluding carboxylic acids is 1. The summed E-state index contributed by atoms with van der Waals surface area (Å²) >= 11 is 0. The first-order valence-corrected chi connectivity index (χ1v) is 9.82. The number of hydrogen-bond acceptors (Lipinski definition) is 5. The molecule has 6 nitrogen and oxygen atoms in total. The van der Waals surface area contributed by atoms with Crippen molar-refractivity contribution in [1.29, 1.82) is 0 Å². The van der Waals surface area contributed by atoms with E-state index in [9.17, 15) is 4.79 Å². The summed E-state index contributed by atoms with van der Waals surface area (Å²) in [4.78, 5) is 17.1. The van der Waals surface area contributed by atoms with Gasteiger partial charge in [0.15, 0.2) is 0 Å². The summed E-state index contributed by atoms with van der Waals surface area (Å²) in [7, 11) is 1.98. The van der Waals surface area contributed by atoms with Crippen molar-refractivity contribution in [3.05, 3.63) is 53.8 Å². The standard InChI is InChI=1S/C22H24N4O2/c1-25-12-15(23)11-19(25)22(27)26-10-9-20-18(13-26)21(24-28-20)17-8-4-6-14-5-2-3-7-16(14)17/h2-8,15,19H,9-13,23H2,1H3/t15-,19-/m0/s1. The molecule has 0 aliphatic carbocycles. The van der Waals surface area contributed by atoms with Crippen LogP contribution >= 0.6 is 0 Å². The van der Waals surface area contributed by atoms with Gasteiger partial charge in [-0.2, -0.15) is 0 Å². The monoisotopic (exact) mass is 376 g/mol. The van der Waals surface area contributed by atoms with Gasteiger partial charge in [-0.3, -0.25) is 9.69 Å². The Morgan fingerprint density at radius 3 is 2.86 bits per heavy atom. The lowest BCUT2D eigenvalue weighted by molar-refractivity contribution is -0.136. The fourth-order valence-electron chi connectivity index (χ4n) is 4.58. The predicted molar refractivity (Wildman–Crippen MR) is 108 cm³/mol. The maximum atomic E-state index is 13.1. The smallest absolute Gasteiger partial charge is 0.240 e. The van der Waals surface area contributed by atoms with Gasteiger partial charge in [0.05, 0.1) is 12.6 Å². The van der Waals surface area contributed by atoms with Gasteiger partial charge in [0.25, 0.3) is 0 Å². The molecule has 1 saturated heterocycles. The average Bonchev–Trinajstić information content (AvgIpc) is 3.28. The number of nitrogens with zero attached hydrogens (tertiary/aromatic N) is 3. The summed E-state index contributed by atoms with van der Waals surface area (Å²) in [5.41, 5.74) is 8.99. The Morgan fingerprint density at radius 1 is 1.21 bits per heavy atom. The number of likely N-dealkylation sites (N-methyl/N-ethyl adjacent to an activating group) is 1. The summed E-state index contributed by atoms with van der Waals surface area (Å²) in [6, 6.07) is 14.4. The van der Waals surface area contributed by atoms with Gasteiger partial charge >= 0.3 is 0 Å². The zero-order valence-electron chi connectivity index (χ0n) is 16.0. The van der Waals surface area contributed by atoms with Crippen molar-refractivity contribution in [2.24, 2.45) is 5.73 Å². The Balaban J connectivity index is 1.48. The molecule has 3 heterocycles. The highest BCUT2D eigenvalue weighted by atomic mass is 16.5. The van der Waals surface area contributed by atoms with Crippen LogP contribution < -0.4 is 5.73 Å². The van der Waals surface area contributed by atoms with Crippen LogP contribution in [-0.4, -0.2) is 53.1 Å². The fraction of sp³-hybridized carbons (Fsp3) is 0.364. The Bertz CT molecular complexity index is 1040. The van der Waals surface area contributed by atoms with Crippen molar-refractivity contribution in [1.82, 2.24) is 15.0 Å². The quantitative estimate of drug-likeness (QED) is 0.743. The maximum absolute atomic E-state index is 13.1. The van der Waals surface area contributed by atoms with Crippen LogP contribution in [0, 0.1) is 0 Å². The van der Waals surface area contributed by atoms with E-state index >= 15 is 0 Å². The van der Waals surface area contributed by atoms with E-state index < -0.39 is 0 Å². The summed E-state index contributed by atoms with van der Waals surface area (Å²) in [5, 5.41) is 6.71. The van der Waals surface area contributed by atoms with Crippen molar-refractivity contribution in [3.8, 4) is 11.3 Å². The van der Waals surface area contributed by atoms with Crippen molar-refractivity contribution < 1.29 is 9.32 Å². The van der Waals surface area contributed by atoms with Crippen LogP contribution in [0.25, 0.3) is 22.0 Å². The van der Waals surface area contributed by atoms with Gasteiger partial charge in [0, 0.05) is 36.7 Å². The zero-order valence-corrected chi connectivity index (χ0v) is 16.0. The number of likely N-dealkylation sites (tertiary alicyclic amines) is 1. The van der Waals surface area contributed by atoms with Gasteiger partial charge in [-0.25, -0.2) is 0 Å². The van der Waals surface area contributed by atoms with E-state index in [1.807, 2.05) is 30.1 Å². The lowest BCUT2D eigenvalue weighted by atomic mass is 9.96. The van der Waals surface area contributed by atoms with Gasteiger partial charge in [0.1, 0.15) is 11.5 Å². The molecule has 0 unspecified atom stereocenters. The van der Waals surface area contributed by atoms with Gasteiger partial charge in [-0.15, -0.1) is 0 Å². The normalized spacial score (nSPS) is 22.6. The van der Waals surface area contributed by atoms with Crippen LogP contribution in [0.3, 0.4) is 0 Å². The SMILES string of the molecule is CN1C[C@@H](N)C[C@H]1C(=O)N1CCc2onc(-c3cccc4ccccc34)c2C1. The van der Waals surface area contributed by atoms with E-state index in [0.29, 0.717) is 19.5 Å². The molecule has 5 rings (SSSR count). The number of nitrogens with two attached hydrogens (primary N) is 1. The number of rotatable bonds is 2. The summed E-state index contributed by atoms with van der Waals surface area (Å²) in [5.74, 6) is 1.05. The molecule has 2 N–H and O–H groups in total. The van der Waals surface area contributed by atoms with Crippen LogP contribution in [0.2, 0.25) is 0 Å². The molecule has 1 fully saturated rings. The average molecular weight is 376 g/mol. The lowest BCUT2D eigenvalue weighted by Crippen LogP contribution is -2.46. The van der Waals surface area contributed by atoms with Crippen LogP contribution in [0.15, 0.2) is 47.0 Å². The van der Waals surface area contributed by atoms with Crippen LogP contribution in [0.4, 0.5) is 0 Å². The molecule has 2 atom stereocenters. The highest BCUT2D eigenvalue weighted by Crippen LogP contribution is 2.34. The van der Waals surface area contributed by atoms with E-state index in [1.165, 1.54) is 5.39 Å². The summed E-state index contributed by atoms with van der Waals surface area (Å²) in [6.07, 6.45) is 1.42. The molecule has 6 heteroatoms. The Hall–Kier alpha value is -2.70. The molecule has 0 bridgehead atoms. The largest absolute Gasteiger partial charge is 0.360 e. The molecule has 2 aliphatic heterocycles. The first kappa shape index (κ1) is 17.4. The highest BCUT2D eigenvalue weighted by molar-refractivity contribution is 5.96. The second-order valence-corrected chi connectivity index (χ2v) is 7.92. The number of hydrogen-bond donors (Lipinski definition) is 1.